The molecule has 2 heterocycles. The first-order chi connectivity index (χ1) is 14.6. The van der Waals surface area contributed by atoms with Crippen molar-refractivity contribution < 1.29 is 23.4 Å². The predicted octanol–water partition coefficient (Wildman–Crippen LogP) is 5.68. The highest BCUT2D eigenvalue weighted by Gasteiger charge is 2.29. The Morgan fingerprint density at radius 1 is 1.29 bits per heavy atom. The fourth-order valence-electron chi connectivity index (χ4n) is 3.66. The van der Waals surface area contributed by atoms with Gasteiger partial charge in [-0.3, -0.25) is 4.98 Å². The Kier molecular flexibility index (Phi) is 6.59. The van der Waals surface area contributed by atoms with Gasteiger partial charge in [-0.25, -0.2) is 18.6 Å². The van der Waals surface area contributed by atoms with Crippen molar-refractivity contribution in [2.75, 3.05) is 6.61 Å². The molecule has 0 saturated carbocycles. The third kappa shape index (κ3) is 5.38. The zero-order chi connectivity index (χ0) is 22.8. The molecule has 1 aromatic carbocycles. The lowest BCUT2D eigenvalue weighted by Gasteiger charge is -2.31. The third-order valence-electron chi connectivity index (χ3n) is 4.67. The highest BCUT2D eigenvalue weighted by Crippen LogP contribution is 2.33. The van der Waals surface area contributed by atoms with Crippen LogP contribution in [0.4, 0.5) is 13.6 Å². The molecule has 164 valence electrons. The number of aromatic nitrogens is 2. The lowest BCUT2D eigenvalue weighted by Crippen LogP contribution is -2.50. The van der Waals surface area contributed by atoms with Gasteiger partial charge in [0, 0.05) is 35.5 Å². The van der Waals surface area contributed by atoms with Crippen molar-refractivity contribution in [2.24, 2.45) is 5.92 Å². The number of hydrogen-bond acceptors (Lipinski definition) is 4. The van der Waals surface area contributed by atoms with E-state index in [-0.39, 0.29) is 34.3 Å². The summed E-state index contributed by atoms with van der Waals surface area (Å²) in [5.41, 5.74) is 0.304. The van der Waals surface area contributed by atoms with E-state index in [1.807, 2.05) is 13.8 Å². The number of nitrogens with one attached hydrogen (secondary N) is 1. The number of rotatable bonds is 7. The first kappa shape index (κ1) is 22.7. The molecule has 0 bridgehead atoms. The summed E-state index contributed by atoms with van der Waals surface area (Å²) < 4.78 is 33.7. The Morgan fingerprint density at radius 3 is 2.68 bits per heavy atom. The smallest absolute Gasteiger partial charge is 0.405 e. The third-order valence-corrected chi connectivity index (χ3v) is 4.94. The van der Waals surface area contributed by atoms with Gasteiger partial charge in [-0.2, -0.15) is 0 Å². The number of nitrogens with zero attached hydrogens (tertiary/aromatic N) is 2. The number of carboxylic acid groups (broad SMARTS) is 1. The molecule has 0 radical (unpaired) electrons. The number of halogens is 3. The van der Waals surface area contributed by atoms with E-state index in [0.717, 1.165) is 12.1 Å². The molecular formula is C22H22ClF2N3O3. The summed E-state index contributed by atoms with van der Waals surface area (Å²) in [6, 6.07) is 5.10. The highest BCUT2D eigenvalue weighted by molar-refractivity contribution is 6.32. The van der Waals surface area contributed by atoms with Crippen LogP contribution in [0.1, 0.15) is 27.2 Å². The van der Waals surface area contributed by atoms with Crippen molar-refractivity contribution in [1.82, 2.24) is 15.3 Å². The van der Waals surface area contributed by atoms with Crippen LogP contribution in [0.25, 0.3) is 22.0 Å². The second-order valence-corrected chi connectivity index (χ2v) is 8.44. The first-order valence-electron chi connectivity index (χ1n) is 9.61. The molecule has 1 amide bonds. The van der Waals surface area contributed by atoms with Gasteiger partial charge < -0.3 is 15.2 Å². The average Bonchev–Trinajstić information content (AvgIpc) is 2.65. The predicted molar refractivity (Wildman–Crippen MR) is 114 cm³/mol. The number of pyridine rings is 2. The molecule has 31 heavy (non-hydrogen) atoms. The van der Waals surface area contributed by atoms with E-state index in [1.54, 1.807) is 19.1 Å². The van der Waals surface area contributed by atoms with Crippen molar-refractivity contribution in [3.05, 3.63) is 53.3 Å². The zero-order valence-electron chi connectivity index (χ0n) is 17.2. The number of hydrogen-bond donors (Lipinski definition) is 2. The fraction of sp³-hybridized carbons (Fsp3) is 0.318. The van der Waals surface area contributed by atoms with Crippen molar-refractivity contribution in [3.63, 3.8) is 0 Å². The minimum atomic E-state index is -1.15. The van der Waals surface area contributed by atoms with Crippen LogP contribution in [-0.2, 0) is 0 Å². The molecule has 3 rings (SSSR count). The van der Waals surface area contributed by atoms with Gasteiger partial charge in [0.05, 0.1) is 11.1 Å². The summed E-state index contributed by atoms with van der Waals surface area (Å²) in [6.45, 7) is 5.72. The summed E-state index contributed by atoms with van der Waals surface area (Å²) in [5.74, 6) is -1.10. The van der Waals surface area contributed by atoms with Crippen molar-refractivity contribution in [2.45, 2.75) is 32.7 Å². The van der Waals surface area contributed by atoms with Crippen LogP contribution in [0.2, 0.25) is 5.02 Å². The molecule has 9 heteroatoms. The van der Waals surface area contributed by atoms with E-state index in [9.17, 15) is 13.6 Å². The molecule has 0 aliphatic carbocycles. The summed E-state index contributed by atoms with van der Waals surface area (Å²) in [5, 5.41) is 12.0. The van der Waals surface area contributed by atoms with Gasteiger partial charge >= 0.3 is 6.09 Å². The van der Waals surface area contributed by atoms with Gasteiger partial charge in [0.15, 0.2) is 0 Å². The van der Waals surface area contributed by atoms with Gasteiger partial charge in [-0.15, -0.1) is 0 Å². The molecule has 2 N–H and O–H groups in total. The monoisotopic (exact) mass is 449 g/mol. The molecule has 6 nitrogen and oxygen atoms in total. The topological polar surface area (TPSA) is 84.3 Å². The van der Waals surface area contributed by atoms with Gasteiger partial charge in [-0.1, -0.05) is 25.4 Å². The van der Waals surface area contributed by atoms with E-state index in [0.29, 0.717) is 17.5 Å². The van der Waals surface area contributed by atoms with Crippen molar-refractivity contribution in [1.29, 1.82) is 0 Å². The Labute approximate surface area is 183 Å². The number of amides is 1. The molecule has 0 spiro atoms. The van der Waals surface area contributed by atoms with Crippen LogP contribution in [0, 0.1) is 17.6 Å². The van der Waals surface area contributed by atoms with Gasteiger partial charge in [0.2, 0.25) is 5.88 Å². The Bertz CT molecular complexity index is 1130. The maximum atomic E-state index is 14.4. The SMILES string of the molecule is CC(C)CC(C)(COc1ncc(-c2ccnc3cc(F)cc(F)c23)cc1Cl)NC(=O)O. The van der Waals surface area contributed by atoms with Gasteiger partial charge in [-0.05, 0) is 37.0 Å². The Balaban J connectivity index is 1.89. The Morgan fingerprint density at radius 2 is 2.03 bits per heavy atom. The summed E-state index contributed by atoms with van der Waals surface area (Å²) in [6.07, 6.45) is 2.31. The molecular weight excluding hydrogens is 428 g/mol. The van der Waals surface area contributed by atoms with Gasteiger partial charge in [0.25, 0.3) is 0 Å². The zero-order valence-corrected chi connectivity index (χ0v) is 18.0. The molecule has 1 unspecified atom stereocenters. The molecule has 3 aromatic rings. The standard InChI is InChI=1S/C22H22ClF2N3O3/c1-12(2)9-22(3,28-21(29)30)11-31-20-16(23)6-13(10-27-20)15-4-5-26-18-8-14(24)7-17(25)19(15)18/h4-8,10,12,28H,9,11H2,1-3H3,(H,29,30). The molecule has 1 atom stereocenters. The number of benzene rings is 1. The lowest BCUT2D eigenvalue weighted by molar-refractivity contribution is 0.141. The van der Waals surface area contributed by atoms with E-state index in [1.165, 1.54) is 12.4 Å². The quantitative estimate of drug-likeness (QED) is 0.484. The minimum absolute atomic E-state index is 0.0235. The van der Waals surface area contributed by atoms with E-state index >= 15 is 0 Å². The maximum Gasteiger partial charge on any atom is 0.405 e. The normalized spacial score (nSPS) is 13.3. The largest absolute Gasteiger partial charge is 0.474 e. The number of carbonyl (C=O) groups is 1. The first-order valence-corrected chi connectivity index (χ1v) is 9.99. The van der Waals surface area contributed by atoms with Crippen molar-refractivity contribution >= 4 is 28.6 Å². The second-order valence-electron chi connectivity index (χ2n) is 8.03. The maximum absolute atomic E-state index is 14.4. The fourth-order valence-corrected chi connectivity index (χ4v) is 3.88. The average molecular weight is 450 g/mol. The number of ether oxygens (including phenoxy) is 1. The van der Waals surface area contributed by atoms with Crippen LogP contribution < -0.4 is 10.1 Å². The molecule has 0 aliphatic heterocycles. The Hall–Kier alpha value is -3.00. The molecule has 0 fully saturated rings. The van der Waals surface area contributed by atoms with Crippen LogP contribution >= 0.6 is 11.6 Å². The minimum Gasteiger partial charge on any atom is -0.474 e. The molecule has 2 aromatic heterocycles. The lowest BCUT2D eigenvalue weighted by atomic mass is 9.91. The molecule has 0 saturated heterocycles. The van der Waals surface area contributed by atoms with Crippen molar-refractivity contribution in [3.8, 4) is 17.0 Å². The van der Waals surface area contributed by atoms with E-state index in [4.69, 9.17) is 21.4 Å². The van der Waals surface area contributed by atoms with Crippen LogP contribution in [-0.4, -0.2) is 33.3 Å². The van der Waals surface area contributed by atoms with Crippen LogP contribution in [0.3, 0.4) is 0 Å². The summed E-state index contributed by atoms with van der Waals surface area (Å²) in [7, 11) is 0. The van der Waals surface area contributed by atoms with E-state index < -0.39 is 23.3 Å². The summed E-state index contributed by atoms with van der Waals surface area (Å²) >= 11 is 6.34. The molecule has 0 aliphatic rings. The van der Waals surface area contributed by atoms with Crippen LogP contribution in [0.15, 0.2) is 36.7 Å². The summed E-state index contributed by atoms with van der Waals surface area (Å²) in [4.78, 5) is 19.4. The second kappa shape index (κ2) is 9.01. The van der Waals surface area contributed by atoms with Crippen LogP contribution in [0.5, 0.6) is 5.88 Å². The van der Waals surface area contributed by atoms with E-state index in [2.05, 4.69) is 15.3 Å². The highest BCUT2D eigenvalue weighted by atomic mass is 35.5. The number of fused-ring (bicyclic) bond motifs is 1. The van der Waals surface area contributed by atoms with Gasteiger partial charge in [0.1, 0.15) is 23.3 Å².